The first kappa shape index (κ1) is 12.0. The van der Waals surface area contributed by atoms with Crippen molar-refractivity contribution in [2.24, 2.45) is 5.41 Å². The van der Waals surface area contributed by atoms with Gasteiger partial charge >= 0.3 is 0 Å². The summed E-state index contributed by atoms with van der Waals surface area (Å²) in [6, 6.07) is 0.720. The first-order valence-electron chi connectivity index (χ1n) is 5.96. The molecule has 1 aliphatic rings. The fraction of sp³-hybridized carbons (Fsp3) is 1.00. The van der Waals surface area contributed by atoms with Crippen LogP contribution in [0.2, 0.25) is 0 Å². The van der Waals surface area contributed by atoms with E-state index in [1.54, 1.807) is 0 Å². The maximum absolute atomic E-state index is 9.44. The Kier molecular flexibility index (Phi) is 4.39. The highest BCUT2D eigenvalue weighted by Gasteiger charge is 2.29. The summed E-state index contributed by atoms with van der Waals surface area (Å²) in [6.07, 6.45) is 4.95. The minimum atomic E-state index is 0.118. The van der Waals surface area contributed by atoms with Gasteiger partial charge in [-0.25, -0.2) is 0 Å². The van der Waals surface area contributed by atoms with Crippen LogP contribution in [0.5, 0.6) is 0 Å². The second kappa shape index (κ2) is 5.13. The zero-order chi connectivity index (χ0) is 10.6. The van der Waals surface area contributed by atoms with Crippen molar-refractivity contribution in [3.63, 3.8) is 0 Å². The van der Waals surface area contributed by atoms with Gasteiger partial charge in [0.1, 0.15) is 0 Å². The van der Waals surface area contributed by atoms with Gasteiger partial charge in [0.15, 0.2) is 0 Å². The zero-order valence-corrected chi connectivity index (χ0v) is 9.92. The van der Waals surface area contributed by atoms with Crippen LogP contribution < -0.4 is 0 Å². The molecule has 0 radical (unpaired) electrons. The average Bonchev–Trinajstić information content (AvgIpc) is 2.52. The van der Waals surface area contributed by atoms with Gasteiger partial charge < -0.3 is 10.0 Å². The van der Waals surface area contributed by atoms with Gasteiger partial charge in [-0.05, 0) is 32.7 Å². The quantitative estimate of drug-likeness (QED) is 0.734. The molecule has 14 heavy (non-hydrogen) atoms. The normalized spacial score (nSPS) is 27.9. The Balaban J connectivity index is 2.46. The molecule has 84 valence electrons. The van der Waals surface area contributed by atoms with E-state index in [-0.39, 0.29) is 5.41 Å². The standard InChI is InChI=1S/C12H25NO/c1-4-7-12(3,10-14)9-13-8-5-6-11(13)2/h11,14H,4-10H2,1-3H3. The molecule has 0 aromatic rings. The molecule has 0 aromatic heterocycles. The van der Waals surface area contributed by atoms with Crippen molar-refractivity contribution in [1.29, 1.82) is 0 Å². The molecule has 0 amide bonds. The van der Waals surface area contributed by atoms with Gasteiger partial charge in [0.2, 0.25) is 0 Å². The molecule has 1 fully saturated rings. The molecule has 0 aromatic carbocycles. The van der Waals surface area contributed by atoms with Gasteiger partial charge in [0, 0.05) is 24.6 Å². The summed E-state index contributed by atoms with van der Waals surface area (Å²) < 4.78 is 0. The average molecular weight is 199 g/mol. The number of rotatable bonds is 5. The van der Waals surface area contributed by atoms with Crippen molar-refractivity contribution in [1.82, 2.24) is 4.90 Å². The summed E-state index contributed by atoms with van der Waals surface area (Å²) in [5.74, 6) is 0. The Morgan fingerprint density at radius 3 is 2.64 bits per heavy atom. The summed E-state index contributed by atoms with van der Waals surface area (Å²) in [5, 5.41) is 9.44. The molecule has 2 nitrogen and oxygen atoms in total. The van der Waals surface area contributed by atoms with Crippen molar-refractivity contribution < 1.29 is 5.11 Å². The number of hydrogen-bond acceptors (Lipinski definition) is 2. The van der Waals surface area contributed by atoms with Crippen molar-refractivity contribution >= 4 is 0 Å². The van der Waals surface area contributed by atoms with E-state index in [1.165, 1.54) is 25.8 Å². The molecule has 2 heteroatoms. The van der Waals surface area contributed by atoms with E-state index >= 15 is 0 Å². The van der Waals surface area contributed by atoms with Crippen LogP contribution in [0.15, 0.2) is 0 Å². The van der Waals surface area contributed by atoms with Crippen LogP contribution in [0, 0.1) is 5.41 Å². The van der Waals surface area contributed by atoms with Gasteiger partial charge in [-0.3, -0.25) is 0 Å². The van der Waals surface area contributed by atoms with Crippen LogP contribution in [-0.2, 0) is 0 Å². The van der Waals surface area contributed by atoms with Crippen LogP contribution in [0.25, 0.3) is 0 Å². The van der Waals surface area contributed by atoms with Gasteiger partial charge in [-0.1, -0.05) is 20.3 Å². The molecule has 0 bridgehead atoms. The topological polar surface area (TPSA) is 23.5 Å². The second-order valence-corrected chi connectivity index (χ2v) is 5.18. The van der Waals surface area contributed by atoms with E-state index in [2.05, 4.69) is 25.7 Å². The molecule has 2 unspecified atom stereocenters. The fourth-order valence-electron chi connectivity index (χ4n) is 2.53. The van der Waals surface area contributed by atoms with Crippen molar-refractivity contribution in [3.05, 3.63) is 0 Å². The third-order valence-corrected chi connectivity index (χ3v) is 3.51. The number of likely N-dealkylation sites (tertiary alicyclic amines) is 1. The highest BCUT2D eigenvalue weighted by atomic mass is 16.3. The minimum absolute atomic E-state index is 0.118. The fourth-order valence-corrected chi connectivity index (χ4v) is 2.53. The molecule has 0 aliphatic carbocycles. The monoisotopic (exact) mass is 199 g/mol. The van der Waals surface area contributed by atoms with Crippen LogP contribution in [0.4, 0.5) is 0 Å². The molecule has 0 saturated carbocycles. The van der Waals surface area contributed by atoms with E-state index in [9.17, 15) is 5.11 Å². The van der Waals surface area contributed by atoms with Crippen LogP contribution in [0.1, 0.15) is 46.5 Å². The number of nitrogens with zero attached hydrogens (tertiary/aromatic N) is 1. The molecule has 0 spiro atoms. The summed E-state index contributed by atoms with van der Waals surface area (Å²) in [7, 11) is 0. The van der Waals surface area contributed by atoms with Crippen LogP contribution >= 0.6 is 0 Å². The van der Waals surface area contributed by atoms with Crippen LogP contribution in [-0.4, -0.2) is 35.7 Å². The number of aliphatic hydroxyl groups is 1. The number of aliphatic hydroxyl groups excluding tert-OH is 1. The Morgan fingerprint density at radius 2 is 2.21 bits per heavy atom. The molecule has 1 aliphatic heterocycles. The first-order chi connectivity index (χ1) is 6.61. The van der Waals surface area contributed by atoms with Crippen molar-refractivity contribution in [3.8, 4) is 0 Å². The predicted molar refractivity (Wildman–Crippen MR) is 60.4 cm³/mol. The van der Waals surface area contributed by atoms with E-state index in [4.69, 9.17) is 0 Å². The lowest BCUT2D eigenvalue weighted by molar-refractivity contribution is 0.0772. The lowest BCUT2D eigenvalue weighted by atomic mass is 9.86. The Hall–Kier alpha value is -0.0800. The Bertz CT molecular complexity index is 172. The van der Waals surface area contributed by atoms with E-state index < -0.39 is 0 Å². The van der Waals surface area contributed by atoms with Crippen molar-refractivity contribution in [2.45, 2.75) is 52.5 Å². The SMILES string of the molecule is CCCC(C)(CO)CN1CCCC1C. The van der Waals surface area contributed by atoms with Crippen LogP contribution in [0.3, 0.4) is 0 Å². The Labute approximate surface area is 88.3 Å². The lowest BCUT2D eigenvalue weighted by Gasteiger charge is -2.34. The molecule has 1 N–H and O–H groups in total. The molecule has 2 atom stereocenters. The summed E-state index contributed by atoms with van der Waals surface area (Å²) >= 11 is 0. The van der Waals surface area contributed by atoms with Gasteiger partial charge in [-0.15, -0.1) is 0 Å². The lowest BCUT2D eigenvalue weighted by Crippen LogP contribution is -2.39. The third-order valence-electron chi connectivity index (χ3n) is 3.51. The third kappa shape index (κ3) is 2.96. The maximum atomic E-state index is 9.44. The predicted octanol–water partition coefficient (Wildman–Crippen LogP) is 2.27. The summed E-state index contributed by atoms with van der Waals surface area (Å²) in [6.45, 7) is 9.32. The molecule has 1 saturated heterocycles. The highest BCUT2D eigenvalue weighted by molar-refractivity contribution is 4.83. The van der Waals surface area contributed by atoms with Gasteiger partial charge in [0.05, 0.1) is 0 Å². The molecular formula is C12H25NO. The highest BCUT2D eigenvalue weighted by Crippen LogP contribution is 2.27. The van der Waals surface area contributed by atoms with Crippen molar-refractivity contribution in [2.75, 3.05) is 19.7 Å². The Morgan fingerprint density at radius 1 is 1.50 bits per heavy atom. The smallest absolute Gasteiger partial charge is 0.0497 e. The van der Waals surface area contributed by atoms with E-state index in [1.807, 2.05) is 0 Å². The minimum Gasteiger partial charge on any atom is -0.396 e. The maximum Gasteiger partial charge on any atom is 0.0497 e. The van der Waals surface area contributed by atoms with E-state index in [0.29, 0.717) is 6.61 Å². The molecule has 1 rings (SSSR count). The zero-order valence-electron chi connectivity index (χ0n) is 9.92. The molecular weight excluding hydrogens is 174 g/mol. The largest absolute Gasteiger partial charge is 0.396 e. The van der Waals surface area contributed by atoms with E-state index in [0.717, 1.165) is 19.0 Å². The first-order valence-corrected chi connectivity index (χ1v) is 5.96. The summed E-state index contributed by atoms with van der Waals surface area (Å²) in [4.78, 5) is 2.53. The number of hydrogen-bond donors (Lipinski definition) is 1. The van der Waals surface area contributed by atoms with Gasteiger partial charge in [-0.2, -0.15) is 0 Å². The van der Waals surface area contributed by atoms with Gasteiger partial charge in [0.25, 0.3) is 0 Å². The second-order valence-electron chi connectivity index (χ2n) is 5.18. The summed E-state index contributed by atoms with van der Waals surface area (Å²) in [5.41, 5.74) is 0.118. The molecule has 1 heterocycles.